The molecular formula is C14H16BrNO2. The van der Waals surface area contributed by atoms with E-state index in [1.165, 1.54) is 0 Å². The predicted molar refractivity (Wildman–Crippen MR) is 75.1 cm³/mol. The Bertz CT molecular complexity index is 465. The number of terminal acetylenes is 1. The lowest BCUT2D eigenvalue weighted by Crippen LogP contribution is -2.30. The zero-order chi connectivity index (χ0) is 13.5. The molecule has 1 aromatic rings. The number of esters is 1. The molecule has 1 atom stereocenters. The summed E-state index contributed by atoms with van der Waals surface area (Å²) in [5, 5.41) is 2.99. The molecule has 1 N–H and O–H groups in total. The summed E-state index contributed by atoms with van der Waals surface area (Å²) in [6, 6.07) is 5.22. The zero-order valence-electron chi connectivity index (χ0n) is 10.5. The second kappa shape index (κ2) is 7.20. The van der Waals surface area contributed by atoms with Crippen molar-refractivity contribution in [2.75, 3.05) is 13.2 Å². The SMILES string of the molecule is C#CCNC(C(=O)OCC)c1ccc(C)c(Br)c1. The molecule has 0 saturated carbocycles. The van der Waals surface area contributed by atoms with E-state index in [1.807, 2.05) is 25.1 Å². The maximum atomic E-state index is 11.9. The summed E-state index contributed by atoms with van der Waals surface area (Å²) in [5.41, 5.74) is 1.94. The van der Waals surface area contributed by atoms with Crippen molar-refractivity contribution in [2.24, 2.45) is 0 Å². The van der Waals surface area contributed by atoms with Gasteiger partial charge in [0.15, 0.2) is 0 Å². The van der Waals surface area contributed by atoms with Crippen LogP contribution in [-0.2, 0) is 9.53 Å². The number of carbonyl (C=O) groups excluding carboxylic acids is 1. The van der Waals surface area contributed by atoms with E-state index >= 15 is 0 Å². The number of rotatable bonds is 5. The number of nitrogens with one attached hydrogen (secondary N) is 1. The summed E-state index contributed by atoms with van der Waals surface area (Å²) in [6.07, 6.45) is 5.21. The van der Waals surface area contributed by atoms with Crippen LogP contribution < -0.4 is 5.32 Å². The first-order valence-electron chi connectivity index (χ1n) is 5.69. The highest BCUT2D eigenvalue weighted by Crippen LogP contribution is 2.22. The molecule has 1 rings (SSSR count). The summed E-state index contributed by atoms with van der Waals surface area (Å²) in [6.45, 7) is 4.43. The van der Waals surface area contributed by atoms with Gasteiger partial charge in [-0.3, -0.25) is 5.32 Å². The standard InChI is InChI=1S/C14H16BrNO2/c1-4-8-16-13(14(17)18-5-2)11-7-6-10(3)12(15)9-11/h1,6-7,9,13,16H,5,8H2,2-3H3. The Kier molecular flexibility index (Phi) is 5.90. The fraction of sp³-hybridized carbons (Fsp3) is 0.357. The van der Waals surface area contributed by atoms with Crippen LogP contribution in [0.4, 0.5) is 0 Å². The molecule has 3 nitrogen and oxygen atoms in total. The Morgan fingerprint density at radius 1 is 1.61 bits per heavy atom. The minimum atomic E-state index is -0.530. The van der Waals surface area contributed by atoms with Gasteiger partial charge in [-0.25, -0.2) is 4.79 Å². The average Bonchev–Trinajstić information content (AvgIpc) is 2.34. The number of aryl methyl sites for hydroxylation is 1. The molecule has 18 heavy (non-hydrogen) atoms. The molecule has 0 aliphatic rings. The topological polar surface area (TPSA) is 38.3 Å². The highest BCUT2D eigenvalue weighted by Gasteiger charge is 2.21. The second-order valence-corrected chi connectivity index (χ2v) is 4.63. The third-order valence-corrected chi connectivity index (χ3v) is 3.31. The summed E-state index contributed by atoms with van der Waals surface area (Å²) < 4.78 is 6.00. The highest BCUT2D eigenvalue weighted by atomic mass is 79.9. The van der Waals surface area contributed by atoms with Gasteiger partial charge in [0.05, 0.1) is 13.2 Å². The summed E-state index contributed by atoms with van der Waals surface area (Å²) in [7, 11) is 0. The maximum absolute atomic E-state index is 11.9. The molecule has 0 radical (unpaired) electrons. The van der Waals surface area contributed by atoms with E-state index in [0.717, 1.165) is 15.6 Å². The number of benzene rings is 1. The van der Waals surface area contributed by atoms with Gasteiger partial charge in [0.1, 0.15) is 6.04 Å². The lowest BCUT2D eigenvalue weighted by atomic mass is 10.1. The normalized spacial score (nSPS) is 11.7. The van der Waals surface area contributed by atoms with E-state index in [4.69, 9.17) is 11.2 Å². The van der Waals surface area contributed by atoms with E-state index in [1.54, 1.807) is 6.92 Å². The molecule has 96 valence electrons. The molecule has 1 unspecified atom stereocenters. The van der Waals surface area contributed by atoms with E-state index in [0.29, 0.717) is 13.2 Å². The van der Waals surface area contributed by atoms with Crippen LogP contribution in [0.2, 0.25) is 0 Å². The molecule has 0 aliphatic heterocycles. The fourth-order valence-corrected chi connectivity index (χ4v) is 1.91. The van der Waals surface area contributed by atoms with E-state index in [2.05, 4.69) is 27.2 Å². The van der Waals surface area contributed by atoms with Crippen LogP contribution in [0.1, 0.15) is 24.1 Å². The molecule has 0 heterocycles. The van der Waals surface area contributed by atoms with Gasteiger partial charge in [-0.15, -0.1) is 6.42 Å². The van der Waals surface area contributed by atoms with Crippen LogP contribution in [0, 0.1) is 19.3 Å². The van der Waals surface area contributed by atoms with Crippen molar-refractivity contribution in [3.8, 4) is 12.3 Å². The Balaban J connectivity index is 2.97. The average molecular weight is 310 g/mol. The minimum absolute atomic E-state index is 0.314. The number of halogens is 1. The van der Waals surface area contributed by atoms with Crippen molar-refractivity contribution in [1.29, 1.82) is 0 Å². The number of hydrogen-bond donors (Lipinski definition) is 1. The van der Waals surface area contributed by atoms with Crippen molar-refractivity contribution < 1.29 is 9.53 Å². The molecule has 4 heteroatoms. The van der Waals surface area contributed by atoms with Crippen LogP contribution in [0.25, 0.3) is 0 Å². The summed E-state index contributed by atoms with van der Waals surface area (Å²) in [5.74, 6) is 2.14. The van der Waals surface area contributed by atoms with Gasteiger partial charge in [-0.2, -0.15) is 0 Å². The van der Waals surface area contributed by atoms with Crippen LogP contribution in [0.15, 0.2) is 22.7 Å². The van der Waals surface area contributed by atoms with Gasteiger partial charge in [0, 0.05) is 4.47 Å². The highest BCUT2D eigenvalue weighted by molar-refractivity contribution is 9.10. The maximum Gasteiger partial charge on any atom is 0.327 e. The van der Waals surface area contributed by atoms with Gasteiger partial charge >= 0.3 is 5.97 Å². The lowest BCUT2D eigenvalue weighted by Gasteiger charge is -2.17. The second-order valence-electron chi connectivity index (χ2n) is 3.78. The molecule has 0 fully saturated rings. The fourth-order valence-electron chi connectivity index (χ4n) is 1.51. The molecule has 0 aliphatic carbocycles. The molecule has 0 saturated heterocycles. The monoisotopic (exact) mass is 309 g/mol. The van der Waals surface area contributed by atoms with Crippen LogP contribution in [0.3, 0.4) is 0 Å². The van der Waals surface area contributed by atoms with Crippen LogP contribution >= 0.6 is 15.9 Å². The molecular weight excluding hydrogens is 294 g/mol. The van der Waals surface area contributed by atoms with Crippen molar-refractivity contribution in [3.05, 3.63) is 33.8 Å². The Labute approximate surface area is 116 Å². The van der Waals surface area contributed by atoms with Crippen molar-refractivity contribution >= 4 is 21.9 Å². The Morgan fingerprint density at radius 3 is 2.89 bits per heavy atom. The smallest absolute Gasteiger partial charge is 0.327 e. The number of hydrogen-bond acceptors (Lipinski definition) is 3. The molecule has 0 spiro atoms. The van der Waals surface area contributed by atoms with Crippen molar-refractivity contribution in [3.63, 3.8) is 0 Å². The zero-order valence-corrected chi connectivity index (χ0v) is 12.1. The first-order chi connectivity index (χ1) is 8.60. The third-order valence-electron chi connectivity index (χ3n) is 2.46. The molecule has 0 amide bonds. The number of carbonyl (C=O) groups is 1. The lowest BCUT2D eigenvalue weighted by molar-refractivity contribution is -0.145. The van der Waals surface area contributed by atoms with Gasteiger partial charge < -0.3 is 4.74 Å². The largest absolute Gasteiger partial charge is 0.465 e. The molecule has 1 aromatic carbocycles. The summed E-state index contributed by atoms with van der Waals surface area (Å²) >= 11 is 3.45. The molecule has 0 bridgehead atoms. The Morgan fingerprint density at radius 2 is 2.33 bits per heavy atom. The van der Waals surface area contributed by atoms with Crippen molar-refractivity contribution in [1.82, 2.24) is 5.32 Å². The first-order valence-corrected chi connectivity index (χ1v) is 6.49. The van der Waals surface area contributed by atoms with E-state index < -0.39 is 6.04 Å². The first kappa shape index (κ1) is 14.7. The van der Waals surface area contributed by atoms with E-state index in [-0.39, 0.29) is 5.97 Å². The minimum Gasteiger partial charge on any atom is -0.465 e. The predicted octanol–water partition coefficient (Wildman–Crippen LogP) is 2.58. The van der Waals surface area contributed by atoms with Crippen molar-refractivity contribution in [2.45, 2.75) is 19.9 Å². The van der Waals surface area contributed by atoms with Gasteiger partial charge in [-0.1, -0.05) is 34.0 Å². The summed E-state index contributed by atoms with van der Waals surface area (Å²) in [4.78, 5) is 11.9. The van der Waals surface area contributed by atoms with Gasteiger partial charge in [0.2, 0.25) is 0 Å². The van der Waals surface area contributed by atoms with E-state index in [9.17, 15) is 4.79 Å². The quantitative estimate of drug-likeness (QED) is 0.671. The van der Waals surface area contributed by atoms with Gasteiger partial charge in [-0.05, 0) is 31.0 Å². The Hall–Kier alpha value is -1.31. The van der Waals surface area contributed by atoms with Gasteiger partial charge in [0.25, 0.3) is 0 Å². The van der Waals surface area contributed by atoms with Crippen LogP contribution in [-0.4, -0.2) is 19.1 Å². The molecule has 0 aromatic heterocycles. The van der Waals surface area contributed by atoms with Crippen LogP contribution in [0.5, 0.6) is 0 Å². The third kappa shape index (κ3) is 3.86. The number of ether oxygens (including phenoxy) is 1.